The number of hydrogen-bond acceptors (Lipinski definition) is 3. The lowest BCUT2D eigenvalue weighted by Crippen LogP contribution is -2.12. The van der Waals surface area contributed by atoms with Crippen LogP contribution < -0.4 is 10.6 Å². The Bertz CT molecular complexity index is 887. The summed E-state index contributed by atoms with van der Waals surface area (Å²) < 4.78 is 0. The molecule has 5 heteroatoms. The summed E-state index contributed by atoms with van der Waals surface area (Å²) >= 11 is 6.29. The Hall–Kier alpha value is -2.59. The highest BCUT2D eigenvalue weighted by Gasteiger charge is 2.19. The van der Waals surface area contributed by atoms with E-state index in [0.29, 0.717) is 23.4 Å². The summed E-state index contributed by atoms with van der Waals surface area (Å²) in [5.41, 5.74) is 4.64. The van der Waals surface area contributed by atoms with Crippen LogP contribution in [0.25, 0.3) is 0 Å². The molecule has 1 aliphatic rings. The summed E-state index contributed by atoms with van der Waals surface area (Å²) in [7, 11) is 0. The summed E-state index contributed by atoms with van der Waals surface area (Å²) in [4.78, 5) is 24.0. The number of anilines is 2. The van der Waals surface area contributed by atoms with Crippen LogP contribution in [0.1, 0.15) is 35.7 Å². The maximum atomic E-state index is 12.4. The first kappa shape index (κ1) is 17.2. The fourth-order valence-electron chi connectivity index (χ4n) is 2.81. The number of hydrogen-bond donors (Lipinski definition) is 2. The molecule has 4 nitrogen and oxygen atoms in total. The van der Waals surface area contributed by atoms with Crippen LogP contribution in [0.5, 0.6) is 0 Å². The molecule has 2 aromatic rings. The van der Waals surface area contributed by atoms with E-state index in [4.69, 9.17) is 11.6 Å². The van der Waals surface area contributed by atoms with E-state index in [1.807, 2.05) is 38.1 Å². The number of nitrogens with one attached hydrogen (secondary N) is 2. The first-order valence-electron chi connectivity index (χ1n) is 8.11. The number of aryl methyl sites for hydroxylation is 1. The molecule has 0 fully saturated rings. The van der Waals surface area contributed by atoms with Gasteiger partial charge in [-0.3, -0.25) is 9.59 Å². The highest BCUT2D eigenvalue weighted by Crippen LogP contribution is 2.27. The van der Waals surface area contributed by atoms with E-state index in [1.54, 1.807) is 18.2 Å². The number of Topliss-reactive ketones (excluding diaryl/α,β-unsaturated/α-hetero) is 1. The number of carbonyl (C=O) groups is 2. The molecule has 0 spiro atoms. The Labute approximate surface area is 151 Å². The van der Waals surface area contributed by atoms with Crippen molar-refractivity contribution < 1.29 is 9.59 Å². The molecule has 25 heavy (non-hydrogen) atoms. The summed E-state index contributed by atoms with van der Waals surface area (Å²) in [5, 5.41) is 6.43. The van der Waals surface area contributed by atoms with Gasteiger partial charge in [-0.05, 0) is 56.2 Å². The van der Waals surface area contributed by atoms with Gasteiger partial charge < -0.3 is 10.6 Å². The molecule has 2 N–H and O–H groups in total. The smallest absolute Gasteiger partial charge is 0.257 e. The third kappa shape index (κ3) is 3.91. The fraction of sp³-hybridized carbons (Fsp3) is 0.200. The van der Waals surface area contributed by atoms with Gasteiger partial charge >= 0.3 is 0 Å². The normalized spacial score (nSPS) is 14.0. The Kier molecular flexibility index (Phi) is 4.91. The van der Waals surface area contributed by atoms with E-state index in [9.17, 15) is 9.59 Å². The summed E-state index contributed by atoms with van der Waals surface area (Å²) in [6.07, 6.45) is 1.25. The zero-order valence-electron chi connectivity index (χ0n) is 14.2. The van der Waals surface area contributed by atoms with Gasteiger partial charge in [0.15, 0.2) is 5.78 Å². The molecule has 1 amide bonds. The highest BCUT2D eigenvalue weighted by molar-refractivity contribution is 6.34. The molecule has 1 aliphatic carbocycles. The van der Waals surface area contributed by atoms with Gasteiger partial charge in [-0.1, -0.05) is 23.7 Å². The van der Waals surface area contributed by atoms with Crippen LogP contribution in [0.3, 0.4) is 0 Å². The third-order valence-corrected chi connectivity index (χ3v) is 4.57. The lowest BCUT2D eigenvalue weighted by Gasteiger charge is -2.11. The first-order chi connectivity index (χ1) is 11.9. The van der Waals surface area contributed by atoms with Gasteiger partial charge in [0.1, 0.15) is 0 Å². The second-order valence-electron chi connectivity index (χ2n) is 6.17. The second kappa shape index (κ2) is 7.11. The Morgan fingerprint density at radius 3 is 2.48 bits per heavy atom. The van der Waals surface area contributed by atoms with E-state index in [-0.39, 0.29) is 11.7 Å². The molecule has 0 atom stereocenters. The van der Waals surface area contributed by atoms with Crippen LogP contribution in [0, 0.1) is 6.92 Å². The van der Waals surface area contributed by atoms with E-state index in [0.717, 1.165) is 28.2 Å². The number of amides is 1. The van der Waals surface area contributed by atoms with Gasteiger partial charge in [0.25, 0.3) is 5.91 Å². The van der Waals surface area contributed by atoms with Gasteiger partial charge in [-0.2, -0.15) is 0 Å². The minimum Gasteiger partial charge on any atom is -0.359 e. The van der Waals surface area contributed by atoms with Gasteiger partial charge in [0.2, 0.25) is 0 Å². The van der Waals surface area contributed by atoms with Crippen molar-refractivity contribution in [1.82, 2.24) is 0 Å². The largest absolute Gasteiger partial charge is 0.359 e. The maximum Gasteiger partial charge on any atom is 0.257 e. The molecule has 3 rings (SSSR count). The molecular formula is C20H19ClN2O2. The topological polar surface area (TPSA) is 58.2 Å². The van der Waals surface area contributed by atoms with E-state index in [1.165, 1.54) is 0 Å². The van der Waals surface area contributed by atoms with Crippen LogP contribution in [-0.2, 0) is 4.79 Å². The Morgan fingerprint density at radius 1 is 1.04 bits per heavy atom. The molecule has 0 unspecified atom stereocenters. The van der Waals surface area contributed by atoms with Gasteiger partial charge in [-0.15, -0.1) is 0 Å². The van der Waals surface area contributed by atoms with Crippen molar-refractivity contribution in [2.75, 3.05) is 10.6 Å². The Morgan fingerprint density at radius 2 is 1.84 bits per heavy atom. The zero-order valence-corrected chi connectivity index (χ0v) is 14.9. The number of allylic oxidation sites excluding steroid dienone is 2. The molecule has 0 aromatic heterocycles. The maximum absolute atomic E-state index is 12.4. The number of benzene rings is 2. The van der Waals surface area contributed by atoms with Crippen molar-refractivity contribution in [3.8, 4) is 0 Å². The predicted molar refractivity (Wildman–Crippen MR) is 101 cm³/mol. The first-order valence-corrected chi connectivity index (χ1v) is 8.49. The van der Waals surface area contributed by atoms with Crippen LogP contribution >= 0.6 is 11.6 Å². The number of carbonyl (C=O) groups excluding carboxylic acids is 2. The average molecular weight is 355 g/mol. The molecule has 2 aromatic carbocycles. The molecule has 0 saturated carbocycles. The van der Waals surface area contributed by atoms with Gasteiger partial charge in [-0.25, -0.2) is 0 Å². The fourth-order valence-corrected chi connectivity index (χ4v) is 3.08. The third-order valence-electron chi connectivity index (χ3n) is 4.26. The van der Waals surface area contributed by atoms with E-state index in [2.05, 4.69) is 10.6 Å². The zero-order chi connectivity index (χ0) is 18.0. The molecule has 0 radical (unpaired) electrons. The van der Waals surface area contributed by atoms with Gasteiger partial charge in [0.05, 0.1) is 10.6 Å². The average Bonchev–Trinajstić information content (AvgIpc) is 2.87. The number of rotatable bonds is 4. The molecule has 0 heterocycles. The summed E-state index contributed by atoms with van der Waals surface area (Å²) in [6, 6.07) is 12.8. The summed E-state index contributed by atoms with van der Waals surface area (Å²) in [5.74, 6) is -0.0867. The molecule has 128 valence electrons. The molecule has 0 aliphatic heterocycles. The van der Waals surface area contributed by atoms with Crippen molar-refractivity contribution in [3.05, 3.63) is 69.9 Å². The van der Waals surface area contributed by atoms with Crippen LogP contribution in [0.4, 0.5) is 11.4 Å². The second-order valence-corrected chi connectivity index (χ2v) is 6.58. The molecule has 0 saturated heterocycles. The van der Waals surface area contributed by atoms with Crippen molar-refractivity contribution in [3.63, 3.8) is 0 Å². The monoisotopic (exact) mass is 354 g/mol. The van der Waals surface area contributed by atoms with Crippen molar-refractivity contribution >= 4 is 34.7 Å². The number of ketones is 1. The van der Waals surface area contributed by atoms with Gasteiger partial charge in [0, 0.05) is 29.1 Å². The van der Waals surface area contributed by atoms with Crippen LogP contribution in [0.15, 0.2) is 53.7 Å². The predicted octanol–water partition coefficient (Wildman–Crippen LogP) is 4.95. The van der Waals surface area contributed by atoms with Crippen molar-refractivity contribution in [2.45, 2.75) is 26.7 Å². The van der Waals surface area contributed by atoms with E-state index < -0.39 is 0 Å². The van der Waals surface area contributed by atoms with E-state index >= 15 is 0 Å². The minimum absolute atomic E-state index is 0.169. The van der Waals surface area contributed by atoms with Crippen molar-refractivity contribution in [1.29, 1.82) is 0 Å². The number of halogens is 1. The molecule has 0 bridgehead atoms. The SMILES string of the molecule is CC1=C(Nc2ccc(C(=O)Nc3cccc(C)c3)c(Cl)c2)CCC1=O. The standard InChI is InChI=1S/C20H19ClN2O2/c1-12-4-3-5-14(10-12)23-20(25)16-7-6-15(11-17(16)21)22-18-8-9-19(24)13(18)2/h3-7,10-11,22H,8-9H2,1-2H3,(H,23,25). The highest BCUT2D eigenvalue weighted by atomic mass is 35.5. The van der Waals surface area contributed by atoms with Crippen molar-refractivity contribution in [2.24, 2.45) is 0 Å². The lowest BCUT2D eigenvalue weighted by atomic mass is 10.1. The van der Waals surface area contributed by atoms with Crippen LogP contribution in [0.2, 0.25) is 5.02 Å². The Balaban J connectivity index is 1.75. The lowest BCUT2D eigenvalue weighted by molar-refractivity contribution is -0.114. The minimum atomic E-state index is -0.256. The summed E-state index contributed by atoms with van der Waals surface area (Å²) in [6.45, 7) is 3.79. The quantitative estimate of drug-likeness (QED) is 0.816. The molecular weight excluding hydrogens is 336 g/mol. The van der Waals surface area contributed by atoms with Crippen LogP contribution in [-0.4, -0.2) is 11.7 Å².